The number of nitrogens with one attached hydrogen (secondary N) is 1. The first kappa shape index (κ1) is 17.3. The zero-order valence-electron chi connectivity index (χ0n) is 13.4. The molecule has 0 bridgehead atoms. The van der Waals surface area contributed by atoms with E-state index >= 15 is 0 Å². The second-order valence-electron chi connectivity index (χ2n) is 6.02. The van der Waals surface area contributed by atoms with Gasteiger partial charge in [0.2, 0.25) is 0 Å². The second-order valence-corrected chi connectivity index (χ2v) is 6.02. The number of amides is 1. The Balaban J connectivity index is 2.92. The van der Waals surface area contributed by atoms with Crippen LogP contribution in [0.5, 0.6) is 0 Å². The molecule has 1 rings (SSSR count). The molecule has 1 amide bonds. The van der Waals surface area contributed by atoms with Crippen molar-refractivity contribution in [3.8, 4) is 11.8 Å². The van der Waals surface area contributed by atoms with Gasteiger partial charge in [-0.2, -0.15) is 0 Å². The highest BCUT2D eigenvalue weighted by atomic mass is 16.2. The number of rotatable bonds is 5. The summed E-state index contributed by atoms with van der Waals surface area (Å²) in [5.41, 5.74) is 2.43. The van der Waals surface area contributed by atoms with Gasteiger partial charge in [0.1, 0.15) is 0 Å². The van der Waals surface area contributed by atoms with Crippen molar-refractivity contribution in [2.45, 2.75) is 40.5 Å². The summed E-state index contributed by atoms with van der Waals surface area (Å²) in [4.78, 5) is 12.4. The molecule has 1 aromatic carbocycles. The SMILES string of the molecule is CCC(C)(C)CNC(=O)c1cc(C)ccc1C#CCCO. The first-order valence-electron chi connectivity index (χ1n) is 7.38. The fraction of sp³-hybridized carbons (Fsp3) is 0.500. The summed E-state index contributed by atoms with van der Waals surface area (Å²) in [5, 5.41) is 11.8. The minimum atomic E-state index is -0.0893. The molecule has 0 atom stereocenters. The van der Waals surface area contributed by atoms with Crippen LogP contribution < -0.4 is 5.32 Å². The van der Waals surface area contributed by atoms with Crippen molar-refractivity contribution >= 4 is 5.91 Å². The molecule has 21 heavy (non-hydrogen) atoms. The van der Waals surface area contributed by atoms with Crippen LogP contribution in [0.4, 0.5) is 0 Å². The summed E-state index contributed by atoms with van der Waals surface area (Å²) in [6.45, 7) is 9.00. The van der Waals surface area contributed by atoms with Gasteiger partial charge in [0.05, 0.1) is 12.2 Å². The zero-order valence-corrected chi connectivity index (χ0v) is 13.4. The van der Waals surface area contributed by atoms with Crippen molar-refractivity contribution in [1.29, 1.82) is 0 Å². The van der Waals surface area contributed by atoms with Gasteiger partial charge in [0, 0.05) is 18.5 Å². The Hall–Kier alpha value is -1.79. The first-order chi connectivity index (χ1) is 9.89. The Morgan fingerprint density at radius 1 is 1.38 bits per heavy atom. The molecule has 3 heteroatoms. The van der Waals surface area contributed by atoms with Gasteiger partial charge < -0.3 is 10.4 Å². The smallest absolute Gasteiger partial charge is 0.252 e. The third-order valence-corrected chi connectivity index (χ3v) is 3.56. The van der Waals surface area contributed by atoms with E-state index in [0.717, 1.165) is 12.0 Å². The molecular weight excluding hydrogens is 262 g/mol. The molecule has 1 aromatic rings. The number of carbonyl (C=O) groups excluding carboxylic acids is 1. The normalized spacial score (nSPS) is 10.7. The molecule has 0 aliphatic rings. The topological polar surface area (TPSA) is 49.3 Å². The van der Waals surface area contributed by atoms with Gasteiger partial charge in [-0.05, 0) is 30.9 Å². The maximum Gasteiger partial charge on any atom is 0.252 e. The molecule has 0 unspecified atom stereocenters. The molecule has 0 aliphatic heterocycles. The summed E-state index contributed by atoms with van der Waals surface area (Å²) in [6.07, 6.45) is 1.42. The van der Waals surface area contributed by atoms with E-state index in [0.29, 0.717) is 24.1 Å². The fourth-order valence-electron chi connectivity index (χ4n) is 1.71. The summed E-state index contributed by atoms with van der Waals surface area (Å²) in [5.74, 6) is 5.74. The van der Waals surface area contributed by atoms with Crippen LogP contribution in [0.2, 0.25) is 0 Å². The van der Waals surface area contributed by atoms with Gasteiger partial charge in [0.15, 0.2) is 0 Å². The molecule has 0 aromatic heterocycles. The van der Waals surface area contributed by atoms with Crippen LogP contribution in [0, 0.1) is 24.2 Å². The lowest BCUT2D eigenvalue weighted by molar-refractivity contribution is 0.0935. The molecule has 0 fully saturated rings. The van der Waals surface area contributed by atoms with Crippen molar-refractivity contribution in [2.75, 3.05) is 13.2 Å². The third kappa shape index (κ3) is 5.61. The predicted octanol–water partition coefficient (Wildman–Crippen LogP) is 2.89. The average molecular weight is 287 g/mol. The van der Waals surface area contributed by atoms with E-state index in [9.17, 15) is 4.79 Å². The van der Waals surface area contributed by atoms with Crippen molar-refractivity contribution < 1.29 is 9.90 Å². The van der Waals surface area contributed by atoms with E-state index in [1.807, 2.05) is 25.1 Å². The summed E-state index contributed by atoms with van der Waals surface area (Å²) >= 11 is 0. The molecule has 114 valence electrons. The van der Waals surface area contributed by atoms with E-state index in [4.69, 9.17) is 5.11 Å². The van der Waals surface area contributed by atoms with Crippen LogP contribution in [0.3, 0.4) is 0 Å². The van der Waals surface area contributed by atoms with Crippen molar-refractivity contribution in [3.63, 3.8) is 0 Å². The standard InChI is InChI=1S/C18H25NO2/c1-5-18(3,4)13-19-17(21)16-12-14(2)9-10-15(16)8-6-7-11-20/h9-10,12,20H,5,7,11,13H2,1-4H3,(H,19,21). The number of hydrogen-bond acceptors (Lipinski definition) is 2. The fourth-order valence-corrected chi connectivity index (χ4v) is 1.71. The summed E-state index contributed by atoms with van der Waals surface area (Å²) in [6, 6.07) is 5.66. The van der Waals surface area contributed by atoms with Crippen LogP contribution in [0.15, 0.2) is 18.2 Å². The second kappa shape index (κ2) is 7.85. The largest absolute Gasteiger partial charge is 0.395 e. The van der Waals surface area contributed by atoms with Gasteiger partial charge in [0.25, 0.3) is 5.91 Å². The molecular formula is C18H25NO2. The molecule has 0 spiro atoms. The van der Waals surface area contributed by atoms with E-state index < -0.39 is 0 Å². The Morgan fingerprint density at radius 2 is 2.10 bits per heavy atom. The molecule has 0 heterocycles. The Labute approximate surface area is 127 Å². The maximum absolute atomic E-state index is 12.4. The number of aliphatic hydroxyl groups is 1. The van der Waals surface area contributed by atoms with Gasteiger partial charge in [-0.1, -0.05) is 44.2 Å². The zero-order chi connectivity index (χ0) is 15.9. The van der Waals surface area contributed by atoms with E-state index in [1.54, 1.807) is 0 Å². The van der Waals surface area contributed by atoms with Gasteiger partial charge in [-0.15, -0.1) is 0 Å². The van der Waals surface area contributed by atoms with Crippen molar-refractivity contribution in [2.24, 2.45) is 5.41 Å². The molecule has 0 radical (unpaired) electrons. The third-order valence-electron chi connectivity index (χ3n) is 3.56. The van der Waals surface area contributed by atoms with Crippen LogP contribution in [0.1, 0.15) is 55.1 Å². The highest BCUT2D eigenvalue weighted by molar-refractivity contribution is 5.97. The van der Waals surface area contributed by atoms with E-state index in [2.05, 4.69) is 37.9 Å². The Bertz CT molecular complexity index is 550. The van der Waals surface area contributed by atoms with Crippen LogP contribution >= 0.6 is 0 Å². The Kier molecular flexibility index (Phi) is 6.45. The quantitative estimate of drug-likeness (QED) is 0.818. The number of aryl methyl sites for hydroxylation is 1. The van der Waals surface area contributed by atoms with Gasteiger partial charge in [-0.3, -0.25) is 4.79 Å². The van der Waals surface area contributed by atoms with Crippen molar-refractivity contribution in [1.82, 2.24) is 5.32 Å². The number of carbonyl (C=O) groups is 1. The van der Waals surface area contributed by atoms with Gasteiger partial charge in [-0.25, -0.2) is 0 Å². The maximum atomic E-state index is 12.4. The lowest BCUT2D eigenvalue weighted by atomic mass is 9.90. The first-order valence-corrected chi connectivity index (χ1v) is 7.38. The molecule has 0 saturated heterocycles. The Morgan fingerprint density at radius 3 is 2.71 bits per heavy atom. The van der Waals surface area contributed by atoms with Gasteiger partial charge >= 0.3 is 0 Å². The highest BCUT2D eigenvalue weighted by Gasteiger charge is 2.18. The van der Waals surface area contributed by atoms with Crippen LogP contribution in [-0.4, -0.2) is 24.2 Å². The highest BCUT2D eigenvalue weighted by Crippen LogP contribution is 2.18. The monoisotopic (exact) mass is 287 g/mol. The molecule has 0 saturated carbocycles. The number of hydrogen-bond donors (Lipinski definition) is 2. The lowest BCUT2D eigenvalue weighted by Crippen LogP contribution is -2.34. The molecule has 3 nitrogen and oxygen atoms in total. The summed E-state index contributed by atoms with van der Waals surface area (Å²) < 4.78 is 0. The predicted molar refractivity (Wildman–Crippen MR) is 86.2 cm³/mol. The number of aliphatic hydroxyl groups excluding tert-OH is 1. The van der Waals surface area contributed by atoms with Crippen LogP contribution in [-0.2, 0) is 0 Å². The molecule has 2 N–H and O–H groups in total. The minimum Gasteiger partial charge on any atom is -0.395 e. The van der Waals surface area contributed by atoms with Crippen LogP contribution in [0.25, 0.3) is 0 Å². The number of benzene rings is 1. The van der Waals surface area contributed by atoms with E-state index in [-0.39, 0.29) is 17.9 Å². The average Bonchev–Trinajstić information content (AvgIpc) is 2.46. The lowest BCUT2D eigenvalue weighted by Gasteiger charge is -2.23. The molecule has 0 aliphatic carbocycles. The van der Waals surface area contributed by atoms with Crippen molar-refractivity contribution in [3.05, 3.63) is 34.9 Å². The summed E-state index contributed by atoms with van der Waals surface area (Å²) in [7, 11) is 0. The minimum absolute atomic E-state index is 0.0328. The van der Waals surface area contributed by atoms with E-state index in [1.165, 1.54) is 0 Å².